The largest absolute Gasteiger partial charge is 0.528 e. The van der Waals surface area contributed by atoms with Gasteiger partial charge in [-0.3, -0.25) is 19.2 Å². The number of anilines is 2. The van der Waals surface area contributed by atoms with Crippen molar-refractivity contribution in [1.29, 1.82) is 0 Å². The molecule has 21 nitrogen and oxygen atoms in total. The summed E-state index contributed by atoms with van der Waals surface area (Å²) < 4.78 is 50.4. The van der Waals surface area contributed by atoms with Crippen LogP contribution in [0.4, 0.5) is 11.5 Å². The minimum atomic E-state index is -3.36. The van der Waals surface area contributed by atoms with Crippen molar-refractivity contribution in [3.63, 3.8) is 0 Å². The van der Waals surface area contributed by atoms with Crippen LogP contribution in [0.25, 0.3) is 34.0 Å². The van der Waals surface area contributed by atoms with Crippen LogP contribution in [0.15, 0.2) is 94.5 Å². The minimum absolute atomic E-state index is 0. The monoisotopic (exact) mass is 1300 g/mol. The molecule has 0 saturated heterocycles. The maximum Gasteiger partial charge on any atom is 0.246 e. The van der Waals surface area contributed by atoms with Crippen LogP contribution < -0.4 is 27.4 Å². The van der Waals surface area contributed by atoms with E-state index in [9.17, 15) is 32.4 Å². The van der Waals surface area contributed by atoms with Gasteiger partial charge < -0.3 is 60.6 Å². The molecule has 0 spiro atoms. The summed E-state index contributed by atoms with van der Waals surface area (Å²) in [6, 6.07) is 22.7. The van der Waals surface area contributed by atoms with Crippen molar-refractivity contribution in [1.82, 2.24) is 30.7 Å². The van der Waals surface area contributed by atoms with Crippen LogP contribution >= 0.6 is 0 Å². The molecule has 0 aliphatic carbocycles. The fourth-order valence-corrected chi connectivity index (χ4v) is 7.12. The number of primary amides is 1. The molecule has 1 atom stereocenters. The van der Waals surface area contributed by atoms with Crippen LogP contribution in [0, 0.1) is 5.92 Å². The molecule has 416 valence electrons. The first kappa shape index (κ1) is 64.9. The van der Waals surface area contributed by atoms with Crippen LogP contribution in [0.1, 0.15) is 66.0 Å². The van der Waals surface area contributed by atoms with Gasteiger partial charge in [0.2, 0.25) is 24.1 Å². The van der Waals surface area contributed by atoms with Gasteiger partial charge in [0.25, 0.3) is 0 Å². The summed E-state index contributed by atoms with van der Waals surface area (Å²) in [6.45, 7) is 16.3. The average molecular weight is 1300 g/mol. The Morgan fingerprint density at radius 1 is 0.840 bits per heavy atom. The third kappa shape index (κ3) is 24.0. The van der Waals surface area contributed by atoms with E-state index >= 15 is 0 Å². The molecule has 0 fully saturated rings. The number of hydrogen-bond acceptors (Lipinski definition) is 16. The minimum Gasteiger partial charge on any atom is -0.528 e. The van der Waals surface area contributed by atoms with Crippen LogP contribution in [0.5, 0.6) is 0 Å². The standard InChI is InChI=1S/C25H25N5O4S.C16H24N2O3.C9H17N2O5.C2H6.Fm/c1-16(2)35(32,33)20-10-8-19(9-11-20)22-13-27-25(26)24(28-22)23-12-21(29-34-23)18-6-4-17(5-7-18)14-30(3)15-31;1-11(2)9-15(19)17-12(3)16(20)18-14-7-5-13(6-8-14)10-21-4;10-9(13)7-16-6-5-15-4-3-14-2-1-11-8-12;1-2;/h4-13,15-16H,14H2,1-3H3,(H2,26,27);5-8,11-12H,9-10H2,1-4H3,(H,17,19)(H,18,20);1-7H2,(H2,10,13)(H,11,12);1-2H3;/q;;-1;;. The van der Waals surface area contributed by atoms with Gasteiger partial charge in [0.05, 0.1) is 61.7 Å². The number of nitrogens with zero attached hydrogens (tertiary/aromatic N) is 4. The Bertz CT molecular complexity index is 2570. The SMILES string of the molecule is CC.CC(C)S(=O)(=O)c1ccc(-c2cnc(N)c(-c3cc(-c4ccc(CN(C)C=O)cc4)no3)n2)cc1.COCc1ccc(NC(=O)C(C)NC(=O)CC(C)C)cc1.NC(=O)COCCOCCOCCN[C-]=O.[Fm]. The molecule has 0 bridgehead atoms. The number of nitrogen functional groups attached to an aromatic ring is 1. The normalized spacial score (nSPS) is 11.0. The second-order valence-corrected chi connectivity index (χ2v) is 19.2. The second-order valence-electron chi connectivity index (χ2n) is 16.7. The van der Waals surface area contributed by atoms with Crippen LogP contribution in [-0.4, -0.2) is 131 Å². The number of hydrogen-bond donors (Lipinski definition) is 5. The number of aromatic nitrogens is 3. The summed E-state index contributed by atoms with van der Waals surface area (Å²) in [5.74, 6) is -0.0237. The first-order chi connectivity index (χ1) is 35.4. The number of nitrogens with two attached hydrogens (primary N) is 2. The van der Waals surface area contributed by atoms with E-state index in [2.05, 4.69) is 31.1 Å². The smallest absolute Gasteiger partial charge is 0.246 e. The zero-order valence-electron chi connectivity index (χ0n) is 44.0. The molecule has 5 amide bonds. The number of sulfone groups is 1. The number of carbonyl (C=O) groups excluding carboxylic acids is 5. The molecule has 2 aromatic heterocycles. The molecule has 75 heavy (non-hydrogen) atoms. The van der Waals surface area contributed by atoms with Crippen molar-refractivity contribution in [2.45, 2.75) is 84.2 Å². The summed E-state index contributed by atoms with van der Waals surface area (Å²) in [5, 5.41) is 11.4. The van der Waals surface area contributed by atoms with E-state index in [1.807, 2.05) is 76.2 Å². The third-order valence-corrected chi connectivity index (χ3v) is 12.0. The number of nitrogens with one attached hydrogen (secondary N) is 3. The molecule has 0 aliphatic rings. The quantitative estimate of drug-likeness (QED) is 0.0192. The summed E-state index contributed by atoms with van der Waals surface area (Å²) in [7, 11) is -0.0140. The van der Waals surface area contributed by atoms with Crippen molar-refractivity contribution in [3.8, 4) is 34.0 Å². The zero-order chi connectivity index (χ0) is 55.1. The van der Waals surface area contributed by atoms with E-state index in [4.69, 9.17) is 34.9 Å². The first-order valence-corrected chi connectivity index (χ1v) is 25.4. The Hall–Kier alpha value is -8.11. The van der Waals surface area contributed by atoms with Gasteiger partial charge in [0.15, 0.2) is 27.1 Å². The van der Waals surface area contributed by atoms with E-state index in [0.717, 1.165) is 23.1 Å². The molecule has 0 radical (unpaired) electrons. The van der Waals surface area contributed by atoms with Crippen molar-refractivity contribution in [2.75, 3.05) is 71.4 Å². The molecular weight excluding hydrogens is 1230 g/mol. The summed E-state index contributed by atoms with van der Waals surface area (Å²) >= 11 is 0. The van der Waals surface area contributed by atoms with Gasteiger partial charge in [-0.1, -0.05) is 81.4 Å². The number of methoxy groups -OCH3 is 1. The van der Waals surface area contributed by atoms with Gasteiger partial charge in [-0.05, 0) is 62.1 Å². The molecule has 0 saturated carbocycles. The van der Waals surface area contributed by atoms with Gasteiger partial charge >= 0.3 is 0 Å². The van der Waals surface area contributed by atoms with Crippen LogP contribution in [0.2, 0.25) is 0 Å². The zero-order valence-corrected chi connectivity index (χ0v) is 47.2. The van der Waals surface area contributed by atoms with Gasteiger partial charge in [0, 0.05) is 56.5 Å². The second kappa shape index (κ2) is 35.1. The van der Waals surface area contributed by atoms with Gasteiger partial charge in [-0.15, -0.1) is 0 Å². The number of ether oxygens (including phenoxy) is 4. The number of benzene rings is 3. The molecule has 23 heteroatoms. The molecule has 0 aliphatic heterocycles. The summed E-state index contributed by atoms with van der Waals surface area (Å²) in [4.78, 5) is 65.1. The Kier molecular flexibility index (Phi) is 30.4. The maximum atomic E-state index is 12.4. The van der Waals surface area contributed by atoms with Gasteiger partial charge in [-0.2, -0.15) is 6.41 Å². The fourth-order valence-electron chi connectivity index (χ4n) is 6.06. The summed E-state index contributed by atoms with van der Waals surface area (Å²) in [6.07, 6.45) is 4.26. The molecule has 1 unspecified atom stereocenters. The van der Waals surface area contributed by atoms with E-state index in [0.29, 0.717) is 93.2 Å². The molecular formula is C52H72FmN9O12S-. The number of amides is 5. The van der Waals surface area contributed by atoms with E-state index in [1.54, 1.807) is 70.2 Å². The van der Waals surface area contributed by atoms with Crippen LogP contribution in [-0.2, 0) is 65.9 Å². The summed E-state index contributed by atoms with van der Waals surface area (Å²) in [5.41, 5.74) is 16.6. The Morgan fingerprint density at radius 3 is 1.97 bits per heavy atom. The van der Waals surface area contributed by atoms with Gasteiger partial charge in [-0.25, -0.2) is 18.4 Å². The average Bonchev–Trinajstić information content (AvgIpc) is 3.87. The Morgan fingerprint density at radius 2 is 1.41 bits per heavy atom. The fraction of sp³-hybridized carbons (Fsp3) is 0.423. The van der Waals surface area contributed by atoms with E-state index in [-0.39, 0.29) is 35.1 Å². The third-order valence-electron chi connectivity index (χ3n) is 9.83. The van der Waals surface area contributed by atoms with Crippen molar-refractivity contribution < 1.29 is 55.9 Å². The van der Waals surface area contributed by atoms with Crippen molar-refractivity contribution in [3.05, 3.63) is 96.2 Å². The van der Waals surface area contributed by atoms with E-state index in [1.165, 1.54) is 12.6 Å². The predicted molar refractivity (Wildman–Crippen MR) is 282 cm³/mol. The van der Waals surface area contributed by atoms with Gasteiger partial charge in [0.1, 0.15) is 18.3 Å². The predicted octanol–water partition coefficient (Wildman–Crippen LogP) is 5.34. The Labute approximate surface area is 434 Å². The number of rotatable bonds is 27. The Balaban J connectivity index is 0.000000603. The molecule has 3 aromatic carbocycles. The number of carbonyl (C=O) groups is 4. The molecule has 7 N–H and O–H groups in total. The molecule has 5 aromatic rings. The topological polar surface area (TPSA) is 300 Å². The van der Waals surface area contributed by atoms with E-state index < -0.39 is 27.0 Å². The maximum absolute atomic E-state index is 12.4. The van der Waals surface area contributed by atoms with Crippen molar-refractivity contribution >= 4 is 51.9 Å². The molecule has 2 heterocycles. The first-order valence-electron chi connectivity index (χ1n) is 23.9. The van der Waals surface area contributed by atoms with Crippen molar-refractivity contribution in [2.24, 2.45) is 11.7 Å². The van der Waals surface area contributed by atoms with Crippen LogP contribution in [0.3, 0.4) is 0 Å². The molecule has 5 rings (SSSR count).